The molecule has 138 valence electrons. The van der Waals surface area contributed by atoms with Crippen LogP contribution in [0.25, 0.3) is 0 Å². The number of ether oxygens (including phenoxy) is 2. The zero-order valence-corrected chi connectivity index (χ0v) is 14.8. The molecule has 0 aliphatic rings. The van der Waals surface area contributed by atoms with Crippen LogP contribution in [-0.4, -0.2) is 36.0 Å². The maximum atomic E-state index is 12.6. The van der Waals surface area contributed by atoms with Gasteiger partial charge in [-0.3, -0.25) is 4.79 Å². The molecule has 0 saturated heterocycles. The largest absolute Gasteiger partial charge is 0.479 e. The maximum Gasteiger partial charge on any atom is 0.335 e. The van der Waals surface area contributed by atoms with Gasteiger partial charge < -0.3 is 19.9 Å². The Hall–Kier alpha value is -2.70. The topological polar surface area (TPSA) is 84.9 Å². The van der Waals surface area contributed by atoms with E-state index in [2.05, 4.69) is 5.32 Å². The summed E-state index contributed by atoms with van der Waals surface area (Å²) in [7, 11) is 0. The van der Waals surface area contributed by atoms with Crippen molar-refractivity contribution in [2.75, 3.05) is 6.61 Å². The van der Waals surface area contributed by atoms with Gasteiger partial charge in [0.1, 0.15) is 0 Å². The summed E-state index contributed by atoms with van der Waals surface area (Å²) in [5.41, 5.74) is 1.07. The van der Waals surface area contributed by atoms with Gasteiger partial charge in [-0.25, -0.2) is 4.79 Å². The smallest absolute Gasteiger partial charge is 0.335 e. The molecule has 2 aromatic rings. The molecule has 0 fully saturated rings. The molecule has 2 rings (SSSR count). The van der Waals surface area contributed by atoms with Gasteiger partial charge in [0, 0.05) is 12.2 Å². The van der Waals surface area contributed by atoms with Crippen LogP contribution in [0.2, 0.25) is 0 Å². The van der Waals surface area contributed by atoms with Gasteiger partial charge in [-0.2, -0.15) is 0 Å². The van der Waals surface area contributed by atoms with Crippen molar-refractivity contribution in [1.82, 2.24) is 5.32 Å². The second-order valence-electron chi connectivity index (χ2n) is 5.65. The van der Waals surface area contributed by atoms with E-state index in [1.165, 1.54) is 0 Å². The molecule has 0 heterocycles. The Kier molecular flexibility index (Phi) is 7.32. The average molecular weight is 357 g/mol. The van der Waals surface area contributed by atoms with E-state index in [4.69, 9.17) is 9.47 Å². The fourth-order valence-electron chi connectivity index (χ4n) is 2.57. The number of carbonyl (C=O) groups is 2. The first-order valence-electron chi connectivity index (χ1n) is 8.43. The van der Waals surface area contributed by atoms with Gasteiger partial charge in [0.25, 0.3) is 5.91 Å². The summed E-state index contributed by atoms with van der Waals surface area (Å²) >= 11 is 0. The summed E-state index contributed by atoms with van der Waals surface area (Å²) < 4.78 is 10.9. The first kappa shape index (κ1) is 19.6. The van der Waals surface area contributed by atoms with Crippen LogP contribution in [0.5, 0.6) is 0 Å². The van der Waals surface area contributed by atoms with Crippen LogP contribution in [0, 0.1) is 0 Å². The number of rotatable bonds is 9. The van der Waals surface area contributed by atoms with Gasteiger partial charge >= 0.3 is 5.97 Å². The van der Waals surface area contributed by atoms with Gasteiger partial charge in [-0.1, -0.05) is 48.5 Å². The van der Waals surface area contributed by atoms with E-state index in [1.807, 2.05) is 6.07 Å². The third-order valence-electron chi connectivity index (χ3n) is 3.77. The van der Waals surface area contributed by atoms with E-state index in [-0.39, 0.29) is 5.91 Å². The van der Waals surface area contributed by atoms with Crippen molar-refractivity contribution in [2.45, 2.75) is 32.3 Å². The minimum atomic E-state index is -1.30. The Morgan fingerprint density at radius 2 is 1.62 bits per heavy atom. The predicted octanol–water partition coefficient (Wildman–Crippen LogP) is 3.01. The highest BCUT2D eigenvalue weighted by molar-refractivity contribution is 5.94. The molecule has 3 atom stereocenters. The quantitative estimate of drug-likeness (QED) is 0.674. The minimum Gasteiger partial charge on any atom is -0.479 e. The van der Waals surface area contributed by atoms with E-state index in [0.717, 1.165) is 0 Å². The van der Waals surface area contributed by atoms with Crippen LogP contribution < -0.4 is 5.32 Å². The van der Waals surface area contributed by atoms with Crippen molar-refractivity contribution in [1.29, 1.82) is 0 Å². The molecule has 0 bridgehead atoms. The lowest BCUT2D eigenvalue weighted by Gasteiger charge is -2.28. The maximum absolute atomic E-state index is 12.6. The molecular weight excluding hydrogens is 334 g/mol. The molecule has 26 heavy (non-hydrogen) atoms. The fraction of sp³-hybridized carbons (Fsp3) is 0.300. The van der Waals surface area contributed by atoms with E-state index in [9.17, 15) is 14.7 Å². The molecule has 6 heteroatoms. The molecule has 0 saturated carbocycles. The van der Waals surface area contributed by atoms with Crippen molar-refractivity contribution in [3.8, 4) is 0 Å². The molecule has 6 nitrogen and oxygen atoms in total. The Labute approximate surface area is 152 Å². The number of aliphatic carboxylic acids is 1. The number of hydrogen-bond donors (Lipinski definition) is 2. The van der Waals surface area contributed by atoms with E-state index < -0.39 is 24.4 Å². The lowest BCUT2D eigenvalue weighted by atomic mass is 10.0. The third kappa shape index (κ3) is 5.40. The van der Waals surface area contributed by atoms with Gasteiger partial charge in [-0.05, 0) is 31.5 Å². The Morgan fingerprint density at radius 3 is 2.15 bits per heavy atom. The molecule has 1 amide bonds. The van der Waals surface area contributed by atoms with Crippen LogP contribution in [0.1, 0.15) is 35.8 Å². The zero-order chi connectivity index (χ0) is 18.9. The third-order valence-corrected chi connectivity index (χ3v) is 3.77. The number of carboxylic acid groups (broad SMARTS) is 1. The average Bonchev–Trinajstić information content (AvgIpc) is 2.66. The molecule has 0 aromatic heterocycles. The number of nitrogens with one attached hydrogen (secondary N) is 1. The first-order valence-corrected chi connectivity index (χ1v) is 8.43. The molecule has 0 radical (unpaired) electrons. The molecule has 0 aliphatic heterocycles. The van der Waals surface area contributed by atoms with Crippen molar-refractivity contribution in [2.24, 2.45) is 0 Å². The predicted molar refractivity (Wildman–Crippen MR) is 96.7 cm³/mol. The molecule has 3 unspecified atom stereocenters. The van der Waals surface area contributed by atoms with Crippen LogP contribution >= 0.6 is 0 Å². The highest BCUT2D eigenvalue weighted by Gasteiger charge is 2.33. The number of carboxylic acids is 1. The Balaban J connectivity index is 2.30. The lowest BCUT2D eigenvalue weighted by molar-refractivity contribution is -0.187. The molecular formula is C20H23NO5. The number of amides is 1. The van der Waals surface area contributed by atoms with Crippen molar-refractivity contribution in [3.05, 3.63) is 71.8 Å². The second kappa shape index (κ2) is 9.70. The highest BCUT2D eigenvalue weighted by Crippen LogP contribution is 2.22. The SMILES string of the molecule is CCOC(C)OC(C(=O)O)C(NC(=O)c1ccccc1)c1ccccc1. The van der Waals surface area contributed by atoms with Gasteiger partial charge in [0.2, 0.25) is 0 Å². The molecule has 0 spiro atoms. The van der Waals surface area contributed by atoms with Crippen LogP contribution in [0.15, 0.2) is 60.7 Å². The van der Waals surface area contributed by atoms with E-state index in [1.54, 1.807) is 68.4 Å². The second-order valence-corrected chi connectivity index (χ2v) is 5.65. The molecule has 2 N–H and O–H groups in total. The van der Waals surface area contributed by atoms with Crippen molar-refractivity contribution >= 4 is 11.9 Å². The van der Waals surface area contributed by atoms with Crippen molar-refractivity contribution in [3.63, 3.8) is 0 Å². The van der Waals surface area contributed by atoms with E-state index >= 15 is 0 Å². The summed E-state index contributed by atoms with van der Waals surface area (Å²) in [6, 6.07) is 16.6. The van der Waals surface area contributed by atoms with Gasteiger partial charge in [0.05, 0.1) is 6.04 Å². The standard InChI is InChI=1S/C20H23NO5/c1-3-25-14(2)26-18(20(23)24)17(15-10-6-4-7-11-15)21-19(22)16-12-8-5-9-13-16/h4-14,17-18H,3H2,1-2H3,(H,21,22)(H,23,24). The summed E-state index contributed by atoms with van der Waals surface area (Å²) in [4.78, 5) is 24.4. The molecule has 2 aromatic carbocycles. The van der Waals surface area contributed by atoms with Gasteiger partial charge in [0.15, 0.2) is 12.4 Å². The lowest BCUT2D eigenvalue weighted by Crippen LogP contribution is -2.43. The highest BCUT2D eigenvalue weighted by atomic mass is 16.7. The Morgan fingerprint density at radius 1 is 1.04 bits per heavy atom. The Bertz CT molecular complexity index is 705. The zero-order valence-electron chi connectivity index (χ0n) is 14.8. The normalized spacial score (nSPS) is 14.2. The van der Waals surface area contributed by atoms with Crippen LogP contribution in [0.3, 0.4) is 0 Å². The van der Waals surface area contributed by atoms with Crippen molar-refractivity contribution < 1.29 is 24.2 Å². The minimum absolute atomic E-state index is 0.377. The van der Waals surface area contributed by atoms with E-state index in [0.29, 0.717) is 17.7 Å². The summed E-state index contributed by atoms with van der Waals surface area (Å²) in [6.45, 7) is 3.81. The monoisotopic (exact) mass is 357 g/mol. The number of hydrogen-bond acceptors (Lipinski definition) is 4. The number of carbonyl (C=O) groups excluding carboxylic acids is 1. The number of benzene rings is 2. The molecule has 0 aliphatic carbocycles. The van der Waals surface area contributed by atoms with Crippen LogP contribution in [0.4, 0.5) is 0 Å². The summed E-state index contributed by atoms with van der Waals surface area (Å²) in [6.07, 6.45) is -2.02. The summed E-state index contributed by atoms with van der Waals surface area (Å²) in [5, 5.41) is 12.5. The van der Waals surface area contributed by atoms with Crippen LogP contribution in [-0.2, 0) is 14.3 Å². The first-order chi connectivity index (χ1) is 12.5. The summed E-state index contributed by atoms with van der Waals surface area (Å²) in [5.74, 6) is -1.56. The van der Waals surface area contributed by atoms with Gasteiger partial charge in [-0.15, -0.1) is 0 Å². The fourth-order valence-corrected chi connectivity index (χ4v) is 2.57.